The van der Waals surface area contributed by atoms with Crippen LogP contribution in [0.2, 0.25) is 0 Å². The second-order valence-corrected chi connectivity index (χ2v) is 4.84. The van der Waals surface area contributed by atoms with Crippen molar-refractivity contribution in [3.63, 3.8) is 0 Å². The first-order valence-corrected chi connectivity index (χ1v) is 7.02. The summed E-state index contributed by atoms with van der Waals surface area (Å²) in [5.41, 5.74) is 3.90. The van der Waals surface area contributed by atoms with Crippen molar-refractivity contribution in [3.8, 4) is 0 Å². The molecule has 0 saturated carbocycles. The van der Waals surface area contributed by atoms with Gasteiger partial charge in [-0.1, -0.05) is 25.1 Å². The van der Waals surface area contributed by atoms with Gasteiger partial charge in [0.15, 0.2) is 0 Å². The molecule has 0 aliphatic heterocycles. The molecule has 0 atom stereocenters. The maximum Gasteiger partial charge on any atom is 0.257 e. The van der Waals surface area contributed by atoms with E-state index in [4.69, 9.17) is 0 Å². The van der Waals surface area contributed by atoms with Gasteiger partial charge in [0.05, 0.1) is 17.0 Å². The minimum absolute atomic E-state index is 0.145. The second kappa shape index (κ2) is 6.95. The van der Waals surface area contributed by atoms with Gasteiger partial charge in [0.2, 0.25) is 0 Å². The van der Waals surface area contributed by atoms with Gasteiger partial charge in [0, 0.05) is 12.2 Å². The maximum atomic E-state index is 12.5. The first kappa shape index (κ1) is 15.1. The second-order valence-electron chi connectivity index (χ2n) is 4.84. The van der Waals surface area contributed by atoms with Gasteiger partial charge in [-0.25, -0.2) is 0 Å². The number of rotatable bonds is 5. The van der Waals surface area contributed by atoms with Crippen LogP contribution in [-0.4, -0.2) is 23.2 Å². The van der Waals surface area contributed by atoms with Crippen LogP contribution in [0.3, 0.4) is 0 Å². The fourth-order valence-electron chi connectivity index (χ4n) is 2.15. The lowest BCUT2D eigenvalue weighted by atomic mass is 10.1. The van der Waals surface area contributed by atoms with E-state index in [1.54, 1.807) is 6.07 Å². The Balaban J connectivity index is 2.28. The van der Waals surface area contributed by atoms with Gasteiger partial charge < -0.3 is 10.6 Å². The number of nitrogens with one attached hydrogen (secondary N) is 2. The van der Waals surface area contributed by atoms with Gasteiger partial charge in [-0.05, 0) is 38.1 Å². The van der Waals surface area contributed by atoms with E-state index < -0.39 is 0 Å². The molecule has 2 rings (SSSR count). The van der Waals surface area contributed by atoms with Crippen LogP contribution in [0.15, 0.2) is 30.3 Å². The van der Waals surface area contributed by atoms with Crippen LogP contribution < -0.4 is 10.6 Å². The van der Waals surface area contributed by atoms with E-state index in [9.17, 15) is 4.79 Å². The Bertz CT molecular complexity index is 640. The summed E-state index contributed by atoms with van der Waals surface area (Å²) < 4.78 is 0. The Morgan fingerprint density at radius 2 is 2.00 bits per heavy atom. The molecule has 1 amide bonds. The van der Waals surface area contributed by atoms with Crippen molar-refractivity contribution in [2.75, 3.05) is 12.4 Å². The summed E-state index contributed by atoms with van der Waals surface area (Å²) in [4.78, 5) is 12.5. The highest BCUT2D eigenvalue weighted by Crippen LogP contribution is 2.17. The quantitative estimate of drug-likeness (QED) is 0.884. The standard InChI is InChI=1S/C16H20N4O/c1-4-14-13(9-11(2)19-20-14)16(21)18-15-8-6-5-7-12(15)10-17-3/h5-9,17H,4,10H2,1-3H3,(H,18,21). The summed E-state index contributed by atoms with van der Waals surface area (Å²) in [6.45, 7) is 4.49. The van der Waals surface area contributed by atoms with Gasteiger partial charge in [-0.3, -0.25) is 4.79 Å². The van der Waals surface area contributed by atoms with Crippen molar-refractivity contribution >= 4 is 11.6 Å². The number of carbonyl (C=O) groups excluding carboxylic acids is 1. The molecular weight excluding hydrogens is 264 g/mol. The Kier molecular flexibility index (Phi) is 5.00. The maximum absolute atomic E-state index is 12.5. The molecule has 5 nitrogen and oxygen atoms in total. The van der Waals surface area contributed by atoms with Gasteiger partial charge in [-0.15, -0.1) is 0 Å². The number of anilines is 1. The topological polar surface area (TPSA) is 66.9 Å². The number of benzene rings is 1. The molecule has 0 aliphatic carbocycles. The summed E-state index contributed by atoms with van der Waals surface area (Å²) in [5.74, 6) is -0.145. The summed E-state index contributed by atoms with van der Waals surface area (Å²) in [7, 11) is 1.88. The van der Waals surface area contributed by atoms with Crippen molar-refractivity contribution in [1.29, 1.82) is 0 Å². The number of carbonyl (C=O) groups is 1. The average Bonchev–Trinajstić information content (AvgIpc) is 2.49. The number of hydrogen-bond donors (Lipinski definition) is 2. The molecule has 0 saturated heterocycles. The lowest BCUT2D eigenvalue weighted by Gasteiger charge is -2.12. The molecule has 5 heteroatoms. The van der Waals surface area contributed by atoms with E-state index in [0.717, 1.165) is 16.9 Å². The third-order valence-electron chi connectivity index (χ3n) is 3.20. The number of amides is 1. The zero-order valence-corrected chi connectivity index (χ0v) is 12.6. The molecule has 0 aliphatic rings. The number of hydrogen-bond acceptors (Lipinski definition) is 4. The fraction of sp³-hybridized carbons (Fsp3) is 0.312. The SMILES string of the molecule is CCc1nnc(C)cc1C(=O)Nc1ccccc1CNC. The predicted octanol–water partition coefficient (Wildman–Crippen LogP) is 2.32. The van der Waals surface area contributed by atoms with Gasteiger partial charge in [0.25, 0.3) is 5.91 Å². The molecule has 21 heavy (non-hydrogen) atoms. The van der Waals surface area contributed by atoms with E-state index in [0.29, 0.717) is 24.2 Å². The molecule has 0 fully saturated rings. The number of para-hydroxylation sites is 1. The lowest BCUT2D eigenvalue weighted by molar-refractivity contribution is 0.102. The van der Waals surface area contributed by atoms with Crippen LogP contribution in [0.5, 0.6) is 0 Å². The Hall–Kier alpha value is -2.27. The lowest BCUT2D eigenvalue weighted by Crippen LogP contribution is -2.18. The molecule has 2 N–H and O–H groups in total. The van der Waals surface area contributed by atoms with Crippen LogP contribution in [0.4, 0.5) is 5.69 Å². The summed E-state index contributed by atoms with van der Waals surface area (Å²) in [6, 6.07) is 9.53. The van der Waals surface area contributed by atoms with Crippen LogP contribution in [0, 0.1) is 6.92 Å². The number of nitrogens with zero attached hydrogens (tertiary/aromatic N) is 2. The highest BCUT2D eigenvalue weighted by atomic mass is 16.1. The van der Waals surface area contributed by atoms with Gasteiger partial charge in [0.1, 0.15) is 0 Å². The van der Waals surface area contributed by atoms with Crippen molar-refractivity contribution < 1.29 is 4.79 Å². The molecule has 110 valence electrons. The monoisotopic (exact) mass is 284 g/mol. The van der Waals surface area contributed by atoms with E-state index in [-0.39, 0.29) is 5.91 Å². The predicted molar refractivity (Wildman–Crippen MR) is 83.3 cm³/mol. The van der Waals surface area contributed by atoms with Crippen LogP contribution in [-0.2, 0) is 13.0 Å². The Morgan fingerprint density at radius 3 is 2.71 bits per heavy atom. The average molecular weight is 284 g/mol. The van der Waals surface area contributed by atoms with Crippen LogP contribution >= 0.6 is 0 Å². The van der Waals surface area contributed by atoms with Crippen molar-refractivity contribution in [2.45, 2.75) is 26.8 Å². The molecule has 0 radical (unpaired) electrons. The Morgan fingerprint density at radius 1 is 1.24 bits per heavy atom. The van der Waals surface area contributed by atoms with E-state index >= 15 is 0 Å². The zero-order valence-electron chi connectivity index (χ0n) is 12.6. The molecule has 0 spiro atoms. The molecule has 2 aromatic rings. The summed E-state index contributed by atoms with van der Waals surface area (Å²) in [5, 5.41) is 14.2. The van der Waals surface area contributed by atoms with Crippen molar-refractivity contribution in [3.05, 3.63) is 52.8 Å². The minimum atomic E-state index is -0.145. The first-order valence-electron chi connectivity index (χ1n) is 7.02. The van der Waals surface area contributed by atoms with E-state index in [1.165, 1.54) is 0 Å². The van der Waals surface area contributed by atoms with Crippen LogP contribution in [0.1, 0.15) is 34.2 Å². The van der Waals surface area contributed by atoms with Gasteiger partial charge >= 0.3 is 0 Å². The molecule has 0 bridgehead atoms. The highest BCUT2D eigenvalue weighted by Gasteiger charge is 2.14. The Labute approximate surface area is 124 Å². The van der Waals surface area contributed by atoms with E-state index in [1.807, 2.05) is 45.2 Å². The third-order valence-corrected chi connectivity index (χ3v) is 3.20. The molecule has 1 heterocycles. The van der Waals surface area contributed by atoms with Crippen molar-refractivity contribution in [1.82, 2.24) is 15.5 Å². The van der Waals surface area contributed by atoms with E-state index in [2.05, 4.69) is 20.8 Å². The third kappa shape index (κ3) is 3.64. The fourth-order valence-corrected chi connectivity index (χ4v) is 2.15. The molecule has 1 aromatic carbocycles. The highest BCUT2D eigenvalue weighted by molar-refractivity contribution is 6.05. The van der Waals surface area contributed by atoms with Gasteiger partial charge in [-0.2, -0.15) is 10.2 Å². The minimum Gasteiger partial charge on any atom is -0.322 e. The molecular formula is C16H20N4O. The van der Waals surface area contributed by atoms with Crippen LogP contribution in [0.25, 0.3) is 0 Å². The van der Waals surface area contributed by atoms with Crippen molar-refractivity contribution in [2.24, 2.45) is 0 Å². The summed E-state index contributed by atoms with van der Waals surface area (Å²) >= 11 is 0. The normalized spacial score (nSPS) is 10.4. The molecule has 1 aromatic heterocycles. The largest absolute Gasteiger partial charge is 0.322 e. The number of aromatic nitrogens is 2. The smallest absolute Gasteiger partial charge is 0.257 e. The zero-order chi connectivity index (χ0) is 15.2. The summed E-state index contributed by atoms with van der Waals surface area (Å²) in [6.07, 6.45) is 0.675. The molecule has 0 unspecified atom stereocenters. The first-order chi connectivity index (χ1) is 10.2. The number of aryl methyl sites for hydroxylation is 2.